The van der Waals surface area contributed by atoms with Crippen LogP contribution in [0, 0.1) is 5.82 Å². The maximum atomic E-state index is 13.9. The second kappa shape index (κ2) is 5.49. The summed E-state index contributed by atoms with van der Waals surface area (Å²) in [6.45, 7) is 1.78. The van der Waals surface area contributed by atoms with E-state index in [-0.39, 0.29) is 18.1 Å². The zero-order valence-electron chi connectivity index (χ0n) is 9.62. The summed E-state index contributed by atoms with van der Waals surface area (Å²) in [6.07, 6.45) is 1.04. The molecule has 4 heteroatoms. The van der Waals surface area contributed by atoms with Crippen molar-refractivity contribution >= 4 is 6.29 Å². The van der Waals surface area contributed by atoms with Gasteiger partial charge in [0, 0.05) is 12.5 Å². The molecule has 1 aromatic rings. The highest BCUT2D eigenvalue weighted by atomic mass is 19.1. The van der Waals surface area contributed by atoms with E-state index >= 15 is 0 Å². The van der Waals surface area contributed by atoms with Crippen molar-refractivity contribution in [3.8, 4) is 11.5 Å². The molecule has 1 aromatic carbocycles. The number of carbonyl (C=O) groups is 1. The molecule has 0 radical (unpaired) electrons. The Bertz CT molecular complexity index is 377. The molecule has 1 unspecified atom stereocenters. The molecule has 1 rings (SSSR count). The van der Waals surface area contributed by atoms with E-state index in [1.54, 1.807) is 13.0 Å². The molecule has 0 N–H and O–H groups in total. The lowest BCUT2D eigenvalue weighted by Gasteiger charge is -2.14. The summed E-state index contributed by atoms with van der Waals surface area (Å²) in [5, 5.41) is 0. The molecule has 0 aromatic heterocycles. The quantitative estimate of drug-likeness (QED) is 0.724. The lowest BCUT2D eigenvalue weighted by molar-refractivity contribution is -0.108. The third-order valence-electron chi connectivity index (χ3n) is 2.48. The van der Waals surface area contributed by atoms with Crippen LogP contribution in [0.4, 0.5) is 4.39 Å². The fourth-order valence-corrected chi connectivity index (χ4v) is 1.49. The number of methoxy groups -OCH3 is 2. The molecule has 1 atom stereocenters. The maximum absolute atomic E-state index is 13.9. The van der Waals surface area contributed by atoms with E-state index in [4.69, 9.17) is 9.47 Å². The molecule has 0 fully saturated rings. The normalized spacial score (nSPS) is 12.0. The van der Waals surface area contributed by atoms with Crippen molar-refractivity contribution in [1.82, 2.24) is 0 Å². The highest BCUT2D eigenvalue weighted by Crippen LogP contribution is 2.32. The van der Waals surface area contributed by atoms with Crippen LogP contribution < -0.4 is 9.47 Å². The van der Waals surface area contributed by atoms with Crippen LogP contribution >= 0.6 is 0 Å². The fraction of sp³-hybridized carbons (Fsp3) is 0.417. The highest BCUT2D eigenvalue weighted by molar-refractivity contribution is 5.52. The van der Waals surface area contributed by atoms with Gasteiger partial charge in [0.15, 0.2) is 11.6 Å². The van der Waals surface area contributed by atoms with E-state index < -0.39 is 5.82 Å². The number of aldehydes is 1. The van der Waals surface area contributed by atoms with Crippen molar-refractivity contribution in [3.05, 3.63) is 23.5 Å². The topological polar surface area (TPSA) is 35.5 Å². The molecule has 0 aliphatic rings. The van der Waals surface area contributed by atoms with E-state index in [9.17, 15) is 9.18 Å². The van der Waals surface area contributed by atoms with E-state index in [2.05, 4.69) is 0 Å². The summed E-state index contributed by atoms with van der Waals surface area (Å²) in [5.74, 6) is 0.0252. The molecule has 0 spiro atoms. The zero-order chi connectivity index (χ0) is 12.1. The van der Waals surface area contributed by atoms with Gasteiger partial charge in [0.25, 0.3) is 0 Å². The molecule has 0 saturated carbocycles. The molecule has 0 amide bonds. The molecule has 88 valence electrons. The van der Waals surface area contributed by atoms with Crippen LogP contribution in [0.2, 0.25) is 0 Å². The summed E-state index contributed by atoms with van der Waals surface area (Å²) < 4.78 is 23.8. The number of rotatable bonds is 5. The molecule has 3 nitrogen and oxygen atoms in total. The van der Waals surface area contributed by atoms with Gasteiger partial charge >= 0.3 is 0 Å². The number of benzene rings is 1. The average Bonchev–Trinajstić information content (AvgIpc) is 2.29. The summed E-state index contributed by atoms with van der Waals surface area (Å²) in [5.41, 5.74) is 0.434. The van der Waals surface area contributed by atoms with Gasteiger partial charge in [-0.15, -0.1) is 0 Å². The Morgan fingerprint density at radius 3 is 2.56 bits per heavy atom. The van der Waals surface area contributed by atoms with Crippen LogP contribution in [0.3, 0.4) is 0 Å². The second-order valence-electron chi connectivity index (χ2n) is 3.54. The minimum Gasteiger partial charge on any atom is -0.497 e. The Morgan fingerprint density at radius 2 is 2.06 bits per heavy atom. The van der Waals surface area contributed by atoms with Gasteiger partial charge in [-0.25, -0.2) is 4.39 Å². The molecular formula is C12H15FO3. The Labute approximate surface area is 94.2 Å². The van der Waals surface area contributed by atoms with Crippen LogP contribution in [0.1, 0.15) is 24.8 Å². The number of halogens is 1. The summed E-state index contributed by atoms with van der Waals surface area (Å²) in [7, 11) is 2.90. The van der Waals surface area contributed by atoms with Crippen LogP contribution in [0.25, 0.3) is 0 Å². The Balaban J connectivity index is 3.19. The molecule has 0 aliphatic heterocycles. The molecular weight excluding hydrogens is 211 g/mol. The first kappa shape index (κ1) is 12.5. The lowest BCUT2D eigenvalue weighted by atomic mass is 9.97. The molecule has 0 saturated heterocycles. The van der Waals surface area contributed by atoms with Crippen molar-refractivity contribution in [2.24, 2.45) is 0 Å². The van der Waals surface area contributed by atoms with E-state index in [0.29, 0.717) is 11.3 Å². The molecule has 0 heterocycles. The van der Waals surface area contributed by atoms with Crippen molar-refractivity contribution in [1.29, 1.82) is 0 Å². The van der Waals surface area contributed by atoms with Crippen molar-refractivity contribution in [2.45, 2.75) is 19.3 Å². The van der Waals surface area contributed by atoms with E-state index in [1.807, 2.05) is 0 Å². The lowest BCUT2D eigenvalue weighted by Crippen LogP contribution is -2.01. The van der Waals surface area contributed by atoms with Gasteiger partial charge in [0.1, 0.15) is 12.0 Å². The minimum atomic E-state index is -0.433. The fourth-order valence-electron chi connectivity index (χ4n) is 1.49. The van der Waals surface area contributed by atoms with E-state index in [0.717, 1.165) is 6.29 Å². The van der Waals surface area contributed by atoms with Gasteiger partial charge in [-0.1, -0.05) is 6.92 Å². The summed E-state index contributed by atoms with van der Waals surface area (Å²) >= 11 is 0. The number of carbonyl (C=O) groups excluding carboxylic acids is 1. The van der Waals surface area contributed by atoms with Gasteiger partial charge in [-0.2, -0.15) is 0 Å². The monoisotopic (exact) mass is 226 g/mol. The smallest absolute Gasteiger partial charge is 0.168 e. The Morgan fingerprint density at radius 1 is 1.38 bits per heavy atom. The zero-order valence-corrected chi connectivity index (χ0v) is 9.62. The third kappa shape index (κ3) is 2.51. The van der Waals surface area contributed by atoms with Crippen LogP contribution in [0.5, 0.6) is 11.5 Å². The largest absolute Gasteiger partial charge is 0.497 e. The SMILES string of the molecule is COc1cc(OC)c(F)c(C(C)CC=O)c1. The predicted octanol–water partition coefficient (Wildman–Crippen LogP) is 2.54. The number of hydrogen-bond acceptors (Lipinski definition) is 3. The van der Waals surface area contributed by atoms with Gasteiger partial charge < -0.3 is 14.3 Å². The number of hydrogen-bond donors (Lipinski definition) is 0. The predicted molar refractivity (Wildman–Crippen MR) is 58.6 cm³/mol. The van der Waals surface area contributed by atoms with Gasteiger partial charge in [-0.05, 0) is 17.5 Å². The van der Waals surface area contributed by atoms with Crippen LogP contribution in [-0.4, -0.2) is 20.5 Å². The Kier molecular flexibility index (Phi) is 4.28. The second-order valence-corrected chi connectivity index (χ2v) is 3.54. The van der Waals surface area contributed by atoms with Crippen molar-refractivity contribution in [3.63, 3.8) is 0 Å². The van der Waals surface area contributed by atoms with Crippen LogP contribution in [0.15, 0.2) is 12.1 Å². The maximum Gasteiger partial charge on any atom is 0.168 e. The summed E-state index contributed by atoms with van der Waals surface area (Å²) in [4.78, 5) is 10.4. The highest BCUT2D eigenvalue weighted by Gasteiger charge is 2.16. The first-order valence-electron chi connectivity index (χ1n) is 4.99. The van der Waals surface area contributed by atoms with Gasteiger partial charge in [0.05, 0.1) is 14.2 Å². The molecule has 16 heavy (non-hydrogen) atoms. The van der Waals surface area contributed by atoms with Gasteiger partial charge in [-0.3, -0.25) is 0 Å². The Hall–Kier alpha value is -1.58. The molecule has 0 aliphatic carbocycles. The van der Waals surface area contributed by atoms with Crippen LogP contribution in [-0.2, 0) is 4.79 Å². The van der Waals surface area contributed by atoms with E-state index in [1.165, 1.54) is 20.3 Å². The first-order valence-corrected chi connectivity index (χ1v) is 4.99. The summed E-state index contributed by atoms with van der Waals surface area (Å²) in [6, 6.07) is 3.07. The number of ether oxygens (including phenoxy) is 2. The standard InChI is InChI=1S/C12H15FO3/c1-8(4-5-14)10-6-9(15-2)7-11(16-3)12(10)13/h5-8H,4H2,1-3H3. The van der Waals surface area contributed by atoms with Gasteiger partial charge in [0.2, 0.25) is 0 Å². The average molecular weight is 226 g/mol. The minimum absolute atomic E-state index is 0.132. The molecule has 0 bridgehead atoms. The first-order chi connectivity index (χ1) is 7.63. The third-order valence-corrected chi connectivity index (χ3v) is 2.48. The van der Waals surface area contributed by atoms with Crippen molar-refractivity contribution < 1.29 is 18.7 Å². The van der Waals surface area contributed by atoms with Crippen molar-refractivity contribution in [2.75, 3.05) is 14.2 Å².